The van der Waals surface area contributed by atoms with Crippen LogP contribution in [0.1, 0.15) is 232 Å². The molecule has 0 aliphatic carbocycles. The zero-order chi connectivity index (χ0) is 42.3. The topological polar surface area (TPSA) is 117 Å². The number of nitrogens with two attached hydrogens (primary N) is 1. The van der Waals surface area contributed by atoms with Crippen molar-refractivity contribution in [2.75, 3.05) is 33.0 Å². The molecular formula is C49H94NO7P. The van der Waals surface area contributed by atoms with Gasteiger partial charge in [0.05, 0.1) is 19.8 Å². The van der Waals surface area contributed by atoms with E-state index in [1.54, 1.807) is 0 Å². The third kappa shape index (κ3) is 45.8. The lowest BCUT2D eigenvalue weighted by atomic mass is 10.1. The Morgan fingerprint density at radius 2 is 0.914 bits per heavy atom. The van der Waals surface area contributed by atoms with Crippen molar-refractivity contribution in [2.45, 2.75) is 238 Å². The molecule has 0 spiro atoms. The fraction of sp³-hybridized carbons (Fsp3) is 0.857. The largest absolute Gasteiger partial charge is 0.472 e. The molecule has 3 N–H and O–H groups in total. The molecule has 0 aromatic rings. The Morgan fingerprint density at radius 1 is 0.517 bits per heavy atom. The van der Waals surface area contributed by atoms with Crippen LogP contribution in [0.15, 0.2) is 36.5 Å². The molecule has 0 bridgehead atoms. The first-order valence-electron chi connectivity index (χ1n) is 24.5. The minimum Gasteiger partial charge on any atom is -0.457 e. The highest BCUT2D eigenvalue weighted by atomic mass is 31.2. The van der Waals surface area contributed by atoms with Crippen molar-refractivity contribution in [3.63, 3.8) is 0 Å². The quantitative estimate of drug-likeness (QED) is 0.0269. The fourth-order valence-corrected chi connectivity index (χ4v) is 7.67. The number of esters is 1. The maximum atomic E-state index is 12.6. The number of unbranched alkanes of at least 4 members (excludes halogenated alkanes) is 28. The number of allylic oxidation sites excluding steroid dienone is 6. The van der Waals surface area contributed by atoms with Crippen LogP contribution in [0.25, 0.3) is 0 Å². The van der Waals surface area contributed by atoms with E-state index in [0.29, 0.717) is 13.0 Å². The molecule has 0 rings (SSSR count). The second-order valence-electron chi connectivity index (χ2n) is 16.3. The lowest BCUT2D eigenvalue weighted by Crippen LogP contribution is -2.28. The Kier molecular flexibility index (Phi) is 45.7. The first-order chi connectivity index (χ1) is 28.4. The maximum Gasteiger partial charge on any atom is 0.472 e. The van der Waals surface area contributed by atoms with Gasteiger partial charge < -0.3 is 20.1 Å². The number of phosphoric ester groups is 1. The van der Waals surface area contributed by atoms with Crippen LogP contribution in [0.2, 0.25) is 0 Å². The smallest absolute Gasteiger partial charge is 0.457 e. The second kappa shape index (κ2) is 46.8. The van der Waals surface area contributed by atoms with Gasteiger partial charge in [0.15, 0.2) is 0 Å². The number of hydrogen-bond acceptors (Lipinski definition) is 7. The van der Waals surface area contributed by atoms with Gasteiger partial charge in [-0.25, -0.2) is 4.57 Å². The highest BCUT2D eigenvalue weighted by molar-refractivity contribution is 7.47. The standard InChI is InChI=1S/C49H94NO7P/c1-3-5-7-9-11-13-15-17-19-21-23-24-25-26-28-30-32-34-36-38-40-42-49(51)57-48(47-56-58(52,53)55-45-43-50)46-54-44-41-39-37-35-33-31-29-27-22-20-18-16-14-12-10-8-6-4-2/h12,14,18,20-21,23,48H,3-11,13,15-17,19,22,24-47,50H2,1-2H3,(H,52,53)/b14-12-,20-18-,23-21-. The van der Waals surface area contributed by atoms with Gasteiger partial charge in [0.2, 0.25) is 0 Å². The lowest BCUT2D eigenvalue weighted by molar-refractivity contribution is -0.154. The molecule has 2 atom stereocenters. The predicted octanol–water partition coefficient (Wildman–Crippen LogP) is 15.0. The zero-order valence-corrected chi connectivity index (χ0v) is 38.9. The van der Waals surface area contributed by atoms with Crippen LogP contribution in [0.3, 0.4) is 0 Å². The molecule has 342 valence electrons. The van der Waals surface area contributed by atoms with Crippen LogP contribution in [0, 0.1) is 0 Å². The van der Waals surface area contributed by atoms with E-state index in [1.165, 1.54) is 173 Å². The maximum absolute atomic E-state index is 12.6. The van der Waals surface area contributed by atoms with Gasteiger partial charge in [-0.2, -0.15) is 0 Å². The van der Waals surface area contributed by atoms with Crippen molar-refractivity contribution in [3.8, 4) is 0 Å². The molecule has 0 fully saturated rings. The van der Waals surface area contributed by atoms with Gasteiger partial charge in [-0.1, -0.05) is 192 Å². The van der Waals surface area contributed by atoms with Gasteiger partial charge in [0.1, 0.15) is 6.10 Å². The Morgan fingerprint density at radius 3 is 1.40 bits per heavy atom. The Hall–Kier alpha value is -1.28. The van der Waals surface area contributed by atoms with Crippen molar-refractivity contribution in [2.24, 2.45) is 5.73 Å². The molecule has 0 saturated heterocycles. The summed E-state index contributed by atoms with van der Waals surface area (Å²) in [6.45, 7) is 4.91. The van der Waals surface area contributed by atoms with Gasteiger partial charge in [-0.3, -0.25) is 13.8 Å². The van der Waals surface area contributed by atoms with E-state index < -0.39 is 13.9 Å². The third-order valence-electron chi connectivity index (χ3n) is 10.5. The number of carbonyl (C=O) groups is 1. The summed E-state index contributed by atoms with van der Waals surface area (Å²) in [6, 6.07) is 0. The molecule has 0 amide bonds. The van der Waals surface area contributed by atoms with Gasteiger partial charge >= 0.3 is 13.8 Å². The average Bonchev–Trinajstić information content (AvgIpc) is 3.21. The summed E-state index contributed by atoms with van der Waals surface area (Å²) < 4.78 is 33.5. The summed E-state index contributed by atoms with van der Waals surface area (Å²) in [5.41, 5.74) is 5.38. The van der Waals surface area contributed by atoms with Crippen molar-refractivity contribution in [3.05, 3.63) is 36.5 Å². The van der Waals surface area contributed by atoms with Crippen molar-refractivity contribution in [1.82, 2.24) is 0 Å². The Balaban J connectivity index is 3.96. The summed E-state index contributed by atoms with van der Waals surface area (Å²) in [4.78, 5) is 22.6. The lowest BCUT2D eigenvalue weighted by Gasteiger charge is -2.20. The van der Waals surface area contributed by atoms with E-state index in [2.05, 4.69) is 50.3 Å². The van der Waals surface area contributed by atoms with Gasteiger partial charge in [0, 0.05) is 19.6 Å². The van der Waals surface area contributed by atoms with E-state index in [9.17, 15) is 14.3 Å². The Labute approximate surface area is 358 Å². The fourth-order valence-electron chi connectivity index (χ4n) is 6.91. The summed E-state index contributed by atoms with van der Waals surface area (Å²) in [5, 5.41) is 0. The number of rotatable bonds is 47. The number of carbonyl (C=O) groups excluding carboxylic acids is 1. The Bertz CT molecular complexity index is 988. The van der Waals surface area contributed by atoms with Crippen LogP contribution in [0.5, 0.6) is 0 Å². The van der Waals surface area contributed by atoms with Crippen LogP contribution >= 0.6 is 7.82 Å². The molecule has 9 heteroatoms. The van der Waals surface area contributed by atoms with E-state index >= 15 is 0 Å². The van der Waals surface area contributed by atoms with E-state index in [4.69, 9.17) is 24.3 Å². The molecule has 0 aromatic heterocycles. The molecule has 2 unspecified atom stereocenters. The van der Waals surface area contributed by atoms with Crippen LogP contribution in [0.4, 0.5) is 0 Å². The molecular weight excluding hydrogens is 746 g/mol. The second-order valence-corrected chi connectivity index (χ2v) is 17.8. The van der Waals surface area contributed by atoms with Crippen LogP contribution < -0.4 is 5.73 Å². The first kappa shape index (κ1) is 56.7. The molecule has 8 nitrogen and oxygen atoms in total. The zero-order valence-electron chi connectivity index (χ0n) is 38.0. The molecule has 0 aliphatic heterocycles. The summed E-state index contributed by atoms with van der Waals surface area (Å²) in [5.74, 6) is -0.332. The van der Waals surface area contributed by atoms with Gasteiger partial charge in [0.25, 0.3) is 0 Å². The van der Waals surface area contributed by atoms with E-state index in [-0.39, 0.29) is 32.3 Å². The van der Waals surface area contributed by atoms with E-state index in [1.807, 2.05) is 0 Å². The molecule has 0 saturated carbocycles. The minimum absolute atomic E-state index is 0.0967. The highest BCUT2D eigenvalue weighted by Crippen LogP contribution is 2.43. The molecule has 0 radical (unpaired) electrons. The average molecular weight is 840 g/mol. The van der Waals surface area contributed by atoms with E-state index in [0.717, 1.165) is 38.5 Å². The molecule has 0 aliphatic rings. The molecule has 0 aromatic carbocycles. The van der Waals surface area contributed by atoms with Crippen molar-refractivity contribution >= 4 is 13.8 Å². The molecule has 58 heavy (non-hydrogen) atoms. The van der Waals surface area contributed by atoms with Crippen LogP contribution in [-0.2, 0) is 27.9 Å². The summed E-state index contributed by atoms with van der Waals surface area (Å²) >= 11 is 0. The first-order valence-corrected chi connectivity index (χ1v) is 26.0. The van der Waals surface area contributed by atoms with Gasteiger partial charge in [-0.05, 0) is 70.6 Å². The normalized spacial score (nSPS) is 13.7. The predicted molar refractivity (Wildman–Crippen MR) is 247 cm³/mol. The highest BCUT2D eigenvalue weighted by Gasteiger charge is 2.25. The monoisotopic (exact) mass is 840 g/mol. The molecule has 0 heterocycles. The SMILES string of the molecule is CCCCC/C=C\C/C=C\CCCCCCCCCCOCC(COP(=O)(O)OCCN)OC(=O)CCCCCCCCCCC/C=C\CCCCCCCCCC. The van der Waals surface area contributed by atoms with Crippen molar-refractivity contribution < 1.29 is 32.8 Å². The number of phosphoric acid groups is 1. The van der Waals surface area contributed by atoms with Crippen LogP contribution in [-0.4, -0.2) is 49.9 Å². The number of hydrogen-bond donors (Lipinski definition) is 2. The third-order valence-corrected chi connectivity index (χ3v) is 11.5. The number of ether oxygens (including phenoxy) is 2. The van der Waals surface area contributed by atoms with Gasteiger partial charge in [-0.15, -0.1) is 0 Å². The summed E-state index contributed by atoms with van der Waals surface area (Å²) in [7, 11) is -4.28. The minimum atomic E-state index is -4.28. The summed E-state index contributed by atoms with van der Waals surface area (Å²) in [6.07, 6.45) is 54.5. The van der Waals surface area contributed by atoms with Crippen molar-refractivity contribution in [1.29, 1.82) is 0 Å².